The highest BCUT2D eigenvalue weighted by Gasteiger charge is 2.05. The van der Waals surface area contributed by atoms with E-state index in [1.165, 1.54) is 0 Å². The number of rotatable bonds is 6. The lowest BCUT2D eigenvalue weighted by molar-refractivity contribution is 0.354. The molecule has 2 N–H and O–H groups in total. The molecule has 1 rings (SSSR count). The van der Waals surface area contributed by atoms with E-state index in [0.29, 0.717) is 6.54 Å². The van der Waals surface area contributed by atoms with Crippen LogP contribution < -0.4 is 20.1 Å². The normalized spacial score (nSPS) is 11.1. The fourth-order valence-electron chi connectivity index (χ4n) is 1.64. The Balaban J connectivity index is 2.62. The molecule has 0 fully saturated rings. The zero-order valence-electron chi connectivity index (χ0n) is 12.1. The maximum Gasteiger partial charge on any atom is 0.191 e. The molecule has 0 amide bonds. The number of benzene rings is 1. The lowest BCUT2D eigenvalue weighted by atomic mass is 10.2. The third-order valence-electron chi connectivity index (χ3n) is 2.67. The summed E-state index contributed by atoms with van der Waals surface area (Å²) in [6, 6.07) is 5.86. The minimum absolute atomic E-state index is 0.684. The Morgan fingerprint density at radius 2 is 1.89 bits per heavy atom. The minimum Gasteiger partial charge on any atom is -0.493 e. The van der Waals surface area contributed by atoms with Crippen LogP contribution >= 0.6 is 0 Å². The maximum absolute atomic E-state index is 5.28. The topological polar surface area (TPSA) is 54.9 Å². The highest BCUT2D eigenvalue weighted by molar-refractivity contribution is 5.79. The number of nitrogens with one attached hydrogen (secondary N) is 2. The molecule has 0 aliphatic heterocycles. The first-order valence-electron chi connectivity index (χ1n) is 6.40. The second-order valence-corrected chi connectivity index (χ2v) is 4.04. The van der Waals surface area contributed by atoms with Gasteiger partial charge in [-0.1, -0.05) is 13.0 Å². The van der Waals surface area contributed by atoms with E-state index in [1.54, 1.807) is 21.3 Å². The average Bonchev–Trinajstić information content (AvgIpc) is 2.47. The first-order chi connectivity index (χ1) is 9.24. The molecule has 0 spiro atoms. The molecule has 106 valence electrons. The molecule has 0 aliphatic carbocycles. The van der Waals surface area contributed by atoms with Crippen molar-refractivity contribution in [1.29, 1.82) is 0 Å². The lowest BCUT2D eigenvalue weighted by Crippen LogP contribution is -2.37. The van der Waals surface area contributed by atoms with E-state index in [4.69, 9.17) is 9.47 Å². The van der Waals surface area contributed by atoms with Crippen LogP contribution in [0.4, 0.5) is 0 Å². The number of methoxy groups -OCH3 is 2. The zero-order valence-corrected chi connectivity index (χ0v) is 12.1. The summed E-state index contributed by atoms with van der Waals surface area (Å²) in [7, 11) is 5.03. The van der Waals surface area contributed by atoms with Crippen LogP contribution in [0.2, 0.25) is 0 Å². The molecule has 1 aromatic rings. The SMILES string of the molecule is CCCNC(=NC)NCc1ccc(OC)c(OC)c1. The molecule has 0 saturated carbocycles. The van der Waals surface area contributed by atoms with Crippen molar-refractivity contribution < 1.29 is 9.47 Å². The summed E-state index contributed by atoms with van der Waals surface area (Å²) in [6.07, 6.45) is 1.07. The Bertz CT molecular complexity index is 419. The van der Waals surface area contributed by atoms with Crippen LogP contribution in [-0.4, -0.2) is 33.8 Å². The van der Waals surface area contributed by atoms with Gasteiger partial charge in [0.15, 0.2) is 17.5 Å². The lowest BCUT2D eigenvalue weighted by Gasteiger charge is -2.13. The Hall–Kier alpha value is -1.91. The maximum atomic E-state index is 5.28. The predicted octanol–water partition coefficient (Wildman–Crippen LogP) is 1.78. The first-order valence-corrected chi connectivity index (χ1v) is 6.40. The predicted molar refractivity (Wildman–Crippen MR) is 78.0 cm³/mol. The van der Waals surface area contributed by atoms with Crippen LogP contribution in [0.1, 0.15) is 18.9 Å². The van der Waals surface area contributed by atoms with Crippen LogP contribution in [0, 0.1) is 0 Å². The molecule has 0 atom stereocenters. The van der Waals surface area contributed by atoms with Crippen molar-refractivity contribution in [2.24, 2.45) is 4.99 Å². The van der Waals surface area contributed by atoms with Crippen molar-refractivity contribution in [3.63, 3.8) is 0 Å². The van der Waals surface area contributed by atoms with E-state index in [1.807, 2.05) is 18.2 Å². The van der Waals surface area contributed by atoms with Gasteiger partial charge >= 0.3 is 0 Å². The number of ether oxygens (including phenoxy) is 2. The van der Waals surface area contributed by atoms with Crippen molar-refractivity contribution in [1.82, 2.24) is 10.6 Å². The van der Waals surface area contributed by atoms with E-state index < -0.39 is 0 Å². The summed E-state index contributed by atoms with van der Waals surface area (Å²) in [6.45, 7) is 3.71. The van der Waals surface area contributed by atoms with E-state index in [0.717, 1.165) is 36.0 Å². The summed E-state index contributed by atoms with van der Waals surface area (Å²) < 4.78 is 10.5. The molecule has 0 unspecified atom stereocenters. The number of guanidine groups is 1. The van der Waals surface area contributed by atoms with Crippen LogP contribution in [0.5, 0.6) is 11.5 Å². The molecule has 0 heterocycles. The quantitative estimate of drug-likeness (QED) is 0.608. The van der Waals surface area contributed by atoms with Gasteiger partial charge in [0, 0.05) is 20.1 Å². The molecule has 0 radical (unpaired) electrons. The molecule has 0 bridgehead atoms. The van der Waals surface area contributed by atoms with Gasteiger partial charge in [0.1, 0.15) is 0 Å². The molecule has 1 aromatic carbocycles. The van der Waals surface area contributed by atoms with E-state index in [-0.39, 0.29) is 0 Å². The van der Waals surface area contributed by atoms with Crippen molar-refractivity contribution in [2.75, 3.05) is 27.8 Å². The molecule has 0 aromatic heterocycles. The Labute approximate surface area is 115 Å². The molecule has 19 heavy (non-hydrogen) atoms. The molecule has 0 saturated heterocycles. The highest BCUT2D eigenvalue weighted by atomic mass is 16.5. The largest absolute Gasteiger partial charge is 0.493 e. The average molecular weight is 265 g/mol. The highest BCUT2D eigenvalue weighted by Crippen LogP contribution is 2.27. The van der Waals surface area contributed by atoms with Crippen molar-refractivity contribution in [3.05, 3.63) is 23.8 Å². The molecule has 5 nitrogen and oxygen atoms in total. The third kappa shape index (κ3) is 4.69. The fourth-order valence-corrected chi connectivity index (χ4v) is 1.64. The van der Waals surface area contributed by atoms with Gasteiger partial charge in [0.25, 0.3) is 0 Å². The first kappa shape index (κ1) is 15.1. The monoisotopic (exact) mass is 265 g/mol. The van der Waals surface area contributed by atoms with E-state index in [2.05, 4.69) is 22.5 Å². The summed E-state index contributed by atoms with van der Waals surface area (Å²) in [5.41, 5.74) is 1.11. The van der Waals surface area contributed by atoms with Gasteiger partial charge in [0.05, 0.1) is 14.2 Å². The second kappa shape index (κ2) is 8.24. The summed E-state index contributed by atoms with van der Waals surface area (Å²) in [4.78, 5) is 4.16. The Kier molecular flexibility index (Phi) is 6.57. The van der Waals surface area contributed by atoms with E-state index >= 15 is 0 Å². The molecule has 5 heteroatoms. The molecular formula is C14H23N3O2. The second-order valence-electron chi connectivity index (χ2n) is 4.04. The van der Waals surface area contributed by atoms with Crippen LogP contribution in [0.25, 0.3) is 0 Å². The van der Waals surface area contributed by atoms with Gasteiger partial charge in [-0.3, -0.25) is 4.99 Å². The zero-order chi connectivity index (χ0) is 14.1. The molecule has 0 aliphatic rings. The fraction of sp³-hybridized carbons (Fsp3) is 0.500. The molecular weight excluding hydrogens is 242 g/mol. The number of hydrogen-bond donors (Lipinski definition) is 2. The Morgan fingerprint density at radius 3 is 2.47 bits per heavy atom. The minimum atomic E-state index is 0.684. The van der Waals surface area contributed by atoms with Crippen LogP contribution in [0.15, 0.2) is 23.2 Å². The van der Waals surface area contributed by atoms with Crippen molar-refractivity contribution >= 4 is 5.96 Å². The number of nitrogens with zero attached hydrogens (tertiary/aromatic N) is 1. The standard InChI is InChI=1S/C14H23N3O2/c1-5-8-16-14(15-2)17-10-11-6-7-12(18-3)13(9-11)19-4/h6-7,9H,5,8,10H2,1-4H3,(H2,15,16,17). The summed E-state index contributed by atoms with van der Waals surface area (Å²) in [5, 5.41) is 6.48. The van der Waals surface area contributed by atoms with Crippen molar-refractivity contribution in [2.45, 2.75) is 19.9 Å². The van der Waals surface area contributed by atoms with Gasteiger partial charge in [-0.05, 0) is 24.1 Å². The number of hydrogen-bond acceptors (Lipinski definition) is 3. The van der Waals surface area contributed by atoms with Crippen LogP contribution in [-0.2, 0) is 6.54 Å². The van der Waals surface area contributed by atoms with Gasteiger partial charge in [-0.25, -0.2) is 0 Å². The van der Waals surface area contributed by atoms with E-state index in [9.17, 15) is 0 Å². The van der Waals surface area contributed by atoms with Crippen LogP contribution in [0.3, 0.4) is 0 Å². The summed E-state index contributed by atoms with van der Waals surface area (Å²) >= 11 is 0. The summed E-state index contributed by atoms with van der Waals surface area (Å²) in [5.74, 6) is 2.27. The van der Waals surface area contributed by atoms with Gasteiger partial charge in [-0.2, -0.15) is 0 Å². The van der Waals surface area contributed by atoms with Gasteiger partial charge in [0.2, 0.25) is 0 Å². The third-order valence-corrected chi connectivity index (χ3v) is 2.67. The Morgan fingerprint density at radius 1 is 1.16 bits per heavy atom. The van der Waals surface area contributed by atoms with Crippen molar-refractivity contribution in [3.8, 4) is 11.5 Å². The smallest absolute Gasteiger partial charge is 0.191 e. The van der Waals surface area contributed by atoms with Gasteiger partial charge in [-0.15, -0.1) is 0 Å². The van der Waals surface area contributed by atoms with Gasteiger partial charge < -0.3 is 20.1 Å². The number of aliphatic imine (C=N–C) groups is 1.